The average molecular weight is 229 g/mol. The van der Waals surface area contributed by atoms with Gasteiger partial charge in [0.15, 0.2) is 5.69 Å². The topological polar surface area (TPSA) is 59.4 Å². The molecule has 0 aliphatic carbocycles. The average Bonchev–Trinajstić information content (AvgIpc) is 2.35. The van der Waals surface area contributed by atoms with E-state index < -0.39 is 5.97 Å². The van der Waals surface area contributed by atoms with Gasteiger partial charge in [-0.15, -0.1) is 0 Å². The maximum absolute atomic E-state index is 10.9. The van der Waals surface area contributed by atoms with Crippen LogP contribution in [0.25, 0.3) is 10.8 Å². The Morgan fingerprint density at radius 1 is 1.47 bits per heavy atom. The first-order valence-corrected chi connectivity index (χ1v) is 5.09. The van der Waals surface area contributed by atoms with Gasteiger partial charge in [0.25, 0.3) is 0 Å². The Balaban J connectivity index is 2.60. The number of carboxylic acid groups (broad SMARTS) is 1. The van der Waals surface area contributed by atoms with Crippen LogP contribution in [0.5, 0.6) is 5.88 Å². The zero-order chi connectivity index (χ0) is 12.3. The van der Waals surface area contributed by atoms with Gasteiger partial charge in [0.05, 0.1) is 0 Å². The first-order chi connectivity index (χ1) is 8.22. The van der Waals surface area contributed by atoms with Crippen LogP contribution in [0.1, 0.15) is 10.5 Å². The molecule has 1 aromatic carbocycles. The number of rotatable bonds is 4. The van der Waals surface area contributed by atoms with Gasteiger partial charge < -0.3 is 9.84 Å². The summed E-state index contributed by atoms with van der Waals surface area (Å²) in [5.41, 5.74) is -0.0252. The highest BCUT2D eigenvalue weighted by atomic mass is 16.5. The van der Waals surface area contributed by atoms with Crippen LogP contribution in [0.2, 0.25) is 0 Å². The van der Waals surface area contributed by atoms with Crippen molar-refractivity contribution < 1.29 is 14.6 Å². The lowest BCUT2D eigenvalue weighted by Crippen LogP contribution is -2.04. The molecule has 0 fully saturated rings. The zero-order valence-corrected chi connectivity index (χ0v) is 9.09. The minimum absolute atomic E-state index is 0.0252. The molecule has 1 heterocycles. The van der Waals surface area contributed by atoms with E-state index in [-0.39, 0.29) is 5.69 Å². The van der Waals surface area contributed by atoms with Crippen molar-refractivity contribution in [2.45, 2.75) is 0 Å². The van der Waals surface area contributed by atoms with Crippen molar-refractivity contribution in [3.8, 4) is 5.88 Å². The van der Waals surface area contributed by atoms with Crippen molar-refractivity contribution in [3.05, 3.63) is 48.7 Å². The van der Waals surface area contributed by atoms with E-state index in [1.54, 1.807) is 6.08 Å². The highest BCUT2D eigenvalue weighted by Gasteiger charge is 2.11. The van der Waals surface area contributed by atoms with Crippen LogP contribution in [0.4, 0.5) is 0 Å². The monoisotopic (exact) mass is 229 g/mol. The highest BCUT2D eigenvalue weighted by molar-refractivity contribution is 5.94. The van der Waals surface area contributed by atoms with Crippen LogP contribution >= 0.6 is 0 Å². The van der Waals surface area contributed by atoms with E-state index in [4.69, 9.17) is 9.84 Å². The van der Waals surface area contributed by atoms with Crippen LogP contribution in [-0.4, -0.2) is 22.7 Å². The van der Waals surface area contributed by atoms with Gasteiger partial charge in [-0.3, -0.25) is 0 Å². The molecule has 0 spiro atoms. The van der Waals surface area contributed by atoms with Gasteiger partial charge in [0, 0.05) is 5.39 Å². The molecule has 0 aliphatic rings. The predicted molar refractivity (Wildman–Crippen MR) is 64.4 cm³/mol. The predicted octanol–water partition coefficient (Wildman–Crippen LogP) is 2.50. The van der Waals surface area contributed by atoms with Gasteiger partial charge in [-0.05, 0) is 17.5 Å². The first kappa shape index (κ1) is 11.1. The van der Waals surface area contributed by atoms with Crippen LogP contribution in [0, 0.1) is 0 Å². The number of hydrogen-bond donors (Lipinski definition) is 1. The second kappa shape index (κ2) is 4.65. The van der Waals surface area contributed by atoms with E-state index in [2.05, 4.69) is 11.6 Å². The number of carboxylic acids is 1. The molecule has 4 heteroatoms. The van der Waals surface area contributed by atoms with Crippen LogP contribution in [-0.2, 0) is 0 Å². The molecule has 0 radical (unpaired) electrons. The van der Waals surface area contributed by atoms with E-state index >= 15 is 0 Å². The lowest BCUT2D eigenvalue weighted by atomic mass is 10.1. The van der Waals surface area contributed by atoms with E-state index in [1.807, 2.05) is 24.3 Å². The highest BCUT2D eigenvalue weighted by Crippen LogP contribution is 2.24. The molecule has 0 unspecified atom stereocenters. The summed E-state index contributed by atoms with van der Waals surface area (Å²) in [5.74, 6) is -0.750. The van der Waals surface area contributed by atoms with Crippen molar-refractivity contribution in [1.29, 1.82) is 0 Å². The molecule has 2 rings (SSSR count). The van der Waals surface area contributed by atoms with Gasteiger partial charge in [-0.2, -0.15) is 0 Å². The molecule has 17 heavy (non-hydrogen) atoms. The normalized spacial score (nSPS) is 10.1. The summed E-state index contributed by atoms with van der Waals surface area (Å²) in [6.45, 7) is 3.84. The lowest BCUT2D eigenvalue weighted by molar-refractivity contribution is 0.0689. The Hall–Kier alpha value is -2.36. The minimum atomic E-state index is -1.07. The summed E-state index contributed by atoms with van der Waals surface area (Å²) in [7, 11) is 0. The van der Waals surface area contributed by atoms with Crippen molar-refractivity contribution in [1.82, 2.24) is 4.98 Å². The van der Waals surface area contributed by atoms with E-state index in [9.17, 15) is 4.79 Å². The molecule has 1 N–H and O–H groups in total. The largest absolute Gasteiger partial charge is 0.477 e. The molecule has 4 nitrogen and oxygen atoms in total. The second-order valence-electron chi connectivity index (χ2n) is 3.44. The maximum Gasteiger partial charge on any atom is 0.354 e. The van der Waals surface area contributed by atoms with Gasteiger partial charge in [-0.25, -0.2) is 9.78 Å². The van der Waals surface area contributed by atoms with E-state index in [0.717, 1.165) is 10.8 Å². The van der Waals surface area contributed by atoms with Gasteiger partial charge >= 0.3 is 5.97 Å². The van der Waals surface area contributed by atoms with Crippen molar-refractivity contribution >= 4 is 16.7 Å². The Bertz CT molecular complexity index is 578. The Morgan fingerprint density at radius 2 is 2.24 bits per heavy atom. The molecule has 0 aliphatic heterocycles. The van der Waals surface area contributed by atoms with E-state index in [0.29, 0.717) is 12.5 Å². The smallest absolute Gasteiger partial charge is 0.354 e. The number of fused-ring (bicyclic) bond motifs is 1. The number of pyridine rings is 1. The number of aromatic nitrogens is 1. The summed E-state index contributed by atoms with van der Waals surface area (Å²) in [4.78, 5) is 14.9. The lowest BCUT2D eigenvalue weighted by Gasteiger charge is -2.07. The molecule has 0 saturated heterocycles. The summed E-state index contributed by atoms with van der Waals surface area (Å²) >= 11 is 0. The fourth-order valence-electron chi connectivity index (χ4n) is 1.52. The number of carbonyl (C=O) groups is 1. The molecule has 0 saturated carbocycles. The third kappa shape index (κ3) is 2.25. The fourth-order valence-corrected chi connectivity index (χ4v) is 1.52. The molecule has 1 aromatic heterocycles. The SMILES string of the molecule is C=CCOc1nc(C(=O)O)cc2ccccc12. The summed E-state index contributed by atoms with van der Waals surface area (Å²) < 4.78 is 5.37. The van der Waals surface area contributed by atoms with Crippen molar-refractivity contribution in [3.63, 3.8) is 0 Å². The molecular weight excluding hydrogens is 218 g/mol. The standard InChI is InChI=1S/C13H11NO3/c1-2-7-17-12-10-6-4-3-5-9(10)8-11(14-12)13(15)16/h2-6,8H,1,7H2,(H,15,16). The van der Waals surface area contributed by atoms with Gasteiger partial charge in [0.2, 0.25) is 5.88 Å². The number of aromatic carboxylic acids is 1. The van der Waals surface area contributed by atoms with E-state index in [1.165, 1.54) is 6.07 Å². The van der Waals surface area contributed by atoms with Gasteiger partial charge in [-0.1, -0.05) is 30.9 Å². The number of benzene rings is 1. The van der Waals surface area contributed by atoms with Crippen molar-refractivity contribution in [2.24, 2.45) is 0 Å². The van der Waals surface area contributed by atoms with Crippen LogP contribution in [0.15, 0.2) is 43.0 Å². The van der Waals surface area contributed by atoms with Crippen LogP contribution < -0.4 is 4.74 Å². The zero-order valence-electron chi connectivity index (χ0n) is 9.09. The molecule has 0 atom stereocenters. The maximum atomic E-state index is 10.9. The second-order valence-corrected chi connectivity index (χ2v) is 3.44. The number of nitrogens with zero attached hydrogens (tertiary/aromatic N) is 1. The van der Waals surface area contributed by atoms with Gasteiger partial charge in [0.1, 0.15) is 6.61 Å². The minimum Gasteiger partial charge on any atom is -0.477 e. The summed E-state index contributed by atoms with van der Waals surface area (Å²) in [6.07, 6.45) is 1.59. The summed E-state index contributed by atoms with van der Waals surface area (Å²) in [6, 6.07) is 8.88. The van der Waals surface area contributed by atoms with Crippen LogP contribution in [0.3, 0.4) is 0 Å². The van der Waals surface area contributed by atoms with Crippen molar-refractivity contribution in [2.75, 3.05) is 6.61 Å². The third-order valence-electron chi connectivity index (χ3n) is 2.26. The fraction of sp³-hybridized carbons (Fsp3) is 0.0769. The number of hydrogen-bond acceptors (Lipinski definition) is 3. The Kier molecular flexibility index (Phi) is 3.05. The molecule has 0 bridgehead atoms. The molecular formula is C13H11NO3. The number of ether oxygens (including phenoxy) is 1. The Labute approximate surface area is 98.2 Å². The quantitative estimate of drug-likeness (QED) is 0.818. The molecule has 86 valence electrons. The Morgan fingerprint density at radius 3 is 2.94 bits per heavy atom. The first-order valence-electron chi connectivity index (χ1n) is 5.09. The molecule has 2 aromatic rings. The summed E-state index contributed by atoms with van der Waals surface area (Å²) in [5, 5.41) is 10.5. The third-order valence-corrected chi connectivity index (χ3v) is 2.26. The molecule has 0 amide bonds.